The average Bonchev–Trinajstić information content (AvgIpc) is 3.28. The molecule has 0 aliphatic carbocycles. The molecule has 1 N–H and O–H groups in total. The minimum absolute atomic E-state index is 0.362. The summed E-state index contributed by atoms with van der Waals surface area (Å²) in [6.07, 6.45) is 2.75. The van der Waals surface area contributed by atoms with E-state index in [4.69, 9.17) is 4.74 Å². The number of amides is 1. The predicted molar refractivity (Wildman–Crippen MR) is 133 cm³/mol. The van der Waals surface area contributed by atoms with Gasteiger partial charge in [0, 0.05) is 42.6 Å². The van der Waals surface area contributed by atoms with Gasteiger partial charge in [0.15, 0.2) is 0 Å². The van der Waals surface area contributed by atoms with E-state index in [0.717, 1.165) is 55.9 Å². The second kappa shape index (κ2) is 10.0. The monoisotopic (exact) mass is 453 g/mol. The molecule has 6 heteroatoms. The second-order valence-corrected chi connectivity index (χ2v) is 8.45. The Kier molecular flexibility index (Phi) is 6.51. The van der Waals surface area contributed by atoms with Gasteiger partial charge in [0.25, 0.3) is 11.7 Å². The number of benzene rings is 2. The maximum absolute atomic E-state index is 13.3. The van der Waals surface area contributed by atoms with Crippen LogP contribution in [0.3, 0.4) is 0 Å². The van der Waals surface area contributed by atoms with Gasteiger partial charge in [-0.1, -0.05) is 48.5 Å². The number of Topliss-reactive ketones (excluding diaryl/α,β-unsaturated/α-hetero) is 1. The summed E-state index contributed by atoms with van der Waals surface area (Å²) in [5.41, 5.74) is 4.66. The highest BCUT2D eigenvalue weighted by molar-refractivity contribution is 6.47. The molecule has 1 fully saturated rings. The van der Waals surface area contributed by atoms with Crippen molar-refractivity contribution in [2.45, 2.75) is 6.42 Å². The molecular formula is C28H27N3O3. The lowest BCUT2D eigenvalue weighted by Crippen LogP contribution is -2.37. The molecule has 5 rings (SSSR count). The summed E-state index contributed by atoms with van der Waals surface area (Å²) in [4.78, 5) is 28.7. The Balaban J connectivity index is 1.31. The van der Waals surface area contributed by atoms with E-state index in [-0.39, 0.29) is 0 Å². The standard InChI is InChI=1S/C28H27N3O3/c32-27(26-25(22-6-2-1-3-7-22)20-24-8-4-5-14-31(24)26)28(33)29-23-11-9-21(10-12-23)13-15-30-16-18-34-19-17-30/h1-12,14,20H,13,15-19H2,(H,29,33). The summed E-state index contributed by atoms with van der Waals surface area (Å²) in [7, 11) is 0. The van der Waals surface area contributed by atoms with Crippen molar-refractivity contribution in [1.82, 2.24) is 9.30 Å². The number of hydrogen-bond donors (Lipinski definition) is 1. The minimum atomic E-state index is -0.651. The molecule has 0 saturated carbocycles. The van der Waals surface area contributed by atoms with Crippen molar-refractivity contribution < 1.29 is 14.3 Å². The first-order valence-electron chi connectivity index (χ1n) is 11.6. The van der Waals surface area contributed by atoms with Gasteiger partial charge in [-0.25, -0.2) is 0 Å². The molecule has 1 saturated heterocycles. The van der Waals surface area contributed by atoms with E-state index in [9.17, 15) is 9.59 Å². The molecule has 0 unspecified atom stereocenters. The fraction of sp³-hybridized carbons (Fsp3) is 0.214. The van der Waals surface area contributed by atoms with Crippen molar-refractivity contribution in [3.63, 3.8) is 0 Å². The Morgan fingerprint density at radius 1 is 0.882 bits per heavy atom. The Morgan fingerprint density at radius 2 is 1.62 bits per heavy atom. The number of anilines is 1. The number of aromatic nitrogens is 1. The van der Waals surface area contributed by atoms with Gasteiger partial charge in [-0.2, -0.15) is 0 Å². The quantitative estimate of drug-likeness (QED) is 0.335. The molecule has 0 atom stereocenters. The first kappa shape index (κ1) is 22.1. The molecule has 1 aliphatic rings. The van der Waals surface area contributed by atoms with Gasteiger partial charge in [-0.15, -0.1) is 0 Å². The molecule has 0 radical (unpaired) electrons. The molecule has 172 valence electrons. The van der Waals surface area contributed by atoms with Crippen LogP contribution < -0.4 is 5.32 Å². The van der Waals surface area contributed by atoms with Crippen LogP contribution in [0.5, 0.6) is 0 Å². The second-order valence-electron chi connectivity index (χ2n) is 8.45. The van der Waals surface area contributed by atoms with Crippen LogP contribution in [0.1, 0.15) is 16.1 Å². The third-order valence-corrected chi connectivity index (χ3v) is 6.22. The molecule has 0 spiro atoms. The van der Waals surface area contributed by atoms with E-state index in [0.29, 0.717) is 11.4 Å². The first-order chi connectivity index (χ1) is 16.7. The van der Waals surface area contributed by atoms with E-state index in [1.165, 1.54) is 5.56 Å². The highest BCUT2D eigenvalue weighted by Crippen LogP contribution is 2.28. The van der Waals surface area contributed by atoms with Crippen LogP contribution in [0.15, 0.2) is 85.1 Å². The summed E-state index contributed by atoms with van der Waals surface area (Å²) in [6, 6.07) is 25.0. The fourth-order valence-electron chi connectivity index (χ4n) is 4.36. The largest absolute Gasteiger partial charge is 0.379 e. The molecule has 1 aliphatic heterocycles. The van der Waals surface area contributed by atoms with Gasteiger partial charge in [0.1, 0.15) is 5.69 Å². The van der Waals surface area contributed by atoms with Crippen LogP contribution in [0.25, 0.3) is 16.6 Å². The van der Waals surface area contributed by atoms with Gasteiger partial charge < -0.3 is 14.5 Å². The Labute approximate surface area is 198 Å². The minimum Gasteiger partial charge on any atom is -0.379 e. The third-order valence-electron chi connectivity index (χ3n) is 6.22. The van der Waals surface area contributed by atoms with Gasteiger partial charge >= 0.3 is 0 Å². The van der Waals surface area contributed by atoms with E-state index in [1.54, 1.807) is 4.40 Å². The van der Waals surface area contributed by atoms with Gasteiger partial charge in [-0.3, -0.25) is 14.5 Å². The highest BCUT2D eigenvalue weighted by Gasteiger charge is 2.24. The molecule has 6 nitrogen and oxygen atoms in total. The van der Waals surface area contributed by atoms with Crippen LogP contribution in [0, 0.1) is 0 Å². The number of morpholine rings is 1. The topological polar surface area (TPSA) is 63.1 Å². The number of hydrogen-bond acceptors (Lipinski definition) is 4. The normalized spacial score (nSPS) is 14.2. The van der Waals surface area contributed by atoms with Crippen molar-refractivity contribution in [2.75, 3.05) is 38.2 Å². The number of nitrogens with one attached hydrogen (secondary N) is 1. The molecule has 0 bridgehead atoms. The maximum Gasteiger partial charge on any atom is 0.298 e. The number of ether oxygens (including phenoxy) is 1. The first-order valence-corrected chi connectivity index (χ1v) is 11.6. The summed E-state index contributed by atoms with van der Waals surface area (Å²) in [6.45, 7) is 4.51. The fourth-order valence-corrected chi connectivity index (χ4v) is 4.36. The number of pyridine rings is 1. The van der Waals surface area contributed by atoms with E-state index < -0.39 is 11.7 Å². The maximum atomic E-state index is 13.3. The lowest BCUT2D eigenvalue weighted by atomic mass is 10.0. The zero-order valence-corrected chi connectivity index (χ0v) is 18.9. The average molecular weight is 454 g/mol. The number of carbonyl (C=O) groups is 2. The van der Waals surface area contributed by atoms with Crippen molar-refractivity contribution in [2.24, 2.45) is 0 Å². The SMILES string of the molecule is O=C(Nc1ccc(CCN2CCOCC2)cc1)C(=O)c1c(-c2ccccc2)cc2ccccn12. The number of rotatable bonds is 7. The summed E-state index contributed by atoms with van der Waals surface area (Å²) in [5, 5.41) is 2.78. The van der Waals surface area contributed by atoms with Crippen LogP contribution in [-0.2, 0) is 16.0 Å². The van der Waals surface area contributed by atoms with Crippen molar-refractivity contribution in [3.8, 4) is 11.1 Å². The van der Waals surface area contributed by atoms with Gasteiger partial charge in [0.05, 0.1) is 13.2 Å². The summed E-state index contributed by atoms with van der Waals surface area (Å²) >= 11 is 0. The Hall–Kier alpha value is -3.74. The number of nitrogens with zero attached hydrogens (tertiary/aromatic N) is 2. The van der Waals surface area contributed by atoms with Crippen LogP contribution >= 0.6 is 0 Å². The van der Waals surface area contributed by atoms with Crippen LogP contribution in [0.4, 0.5) is 5.69 Å². The third kappa shape index (κ3) is 4.78. The zero-order chi connectivity index (χ0) is 23.3. The van der Waals surface area contributed by atoms with E-state index in [2.05, 4.69) is 10.2 Å². The molecule has 2 aromatic heterocycles. The number of fused-ring (bicyclic) bond motifs is 1. The van der Waals surface area contributed by atoms with Crippen LogP contribution in [0.2, 0.25) is 0 Å². The lowest BCUT2D eigenvalue weighted by Gasteiger charge is -2.26. The van der Waals surface area contributed by atoms with E-state index >= 15 is 0 Å². The number of carbonyl (C=O) groups excluding carboxylic acids is 2. The molecular weight excluding hydrogens is 426 g/mol. The number of ketones is 1. The highest BCUT2D eigenvalue weighted by atomic mass is 16.5. The zero-order valence-electron chi connectivity index (χ0n) is 18.9. The van der Waals surface area contributed by atoms with Gasteiger partial charge in [-0.05, 0) is 47.9 Å². The smallest absolute Gasteiger partial charge is 0.298 e. The molecule has 2 aromatic carbocycles. The molecule has 3 heterocycles. The molecule has 4 aromatic rings. The lowest BCUT2D eigenvalue weighted by molar-refractivity contribution is -0.112. The molecule has 1 amide bonds. The Morgan fingerprint density at radius 3 is 2.38 bits per heavy atom. The summed E-state index contributed by atoms with van der Waals surface area (Å²) < 4.78 is 7.17. The molecule has 34 heavy (non-hydrogen) atoms. The van der Waals surface area contributed by atoms with Crippen LogP contribution in [-0.4, -0.2) is 53.8 Å². The van der Waals surface area contributed by atoms with Crippen molar-refractivity contribution in [3.05, 3.63) is 96.3 Å². The van der Waals surface area contributed by atoms with Crippen molar-refractivity contribution >= 4 is 22.9 Å². The van der Waals surface area contributed by atoms with Crippen molar-refractivity contribution in [1.29, 1.82) is 0 Å². The summed E-state index contributed by atoms with van der Waals surface area (Å²) in [5.74, 6) is -1.22. The Bertz CT molecular complexity index is 1290. The van der Waals surface area contributed by atoms with E-state index in [1.807, 2.05) is 85.1 Å². The predicted octanol–water partition coefficient (Wildman–Crippen LogP) is 4.30. The van der Waals surface area contributed by atoms with Gasteiger partial charge in [0.2, 0.25) is 0 Å².